The van der Waals surface area contributed by atoms with Crippen LogP contribution in [0.4, 0.5) is 0 Å². The lowest BCUT2D eigenvalue weighted by Gasteiger charge is -2.28. The molecule has 4 heteroatoms. The van der Waals surface area contributed by atoms with Gasteiger partial charge in [0.25, 0.3) is 0 Å². The first-order chi connectivity index (χ1) is 8.49. The molecule has 0 aliphatic carbocycles. The van der Waals surface area contributed by atoms with Crippen molar-refractivity contribution in [2.24, 2.45) is 5.73 Å². The van der Waals surface area contributed by atoms with Crippen LogP contribution >= 0.6 is 0 Å². The van der Waals surface area contributed by atoms with E-state index in [1.807, 2.05) is 6.92 Å². The third kappa shape index (κ3) is 8.03. The van der Waals surface area contributed by atoms with Gasteiger partial charge < -0.3 is 20.6 Å². The van der Waals surface area contributed by atoms with Crippen LogP contribution in [0, 0.1) is 0 Å². The van der Waals surface area contributed by atoms with Crippen LogP contribution in [0.1, 0.15) is 40.5 Å². The summed E-state index contributed by atoms with van der Waals surface area (Å²) < 4.78 is 0. The lowest BCUT2D eigenvalue weighted by Crippen LogP contribution is -2.43. The molecular formula is C14H33N3O. The zero-order valence-corrected chi connectivity index (χ0v) is 12.8. The fourth-order valence-electron chi connectivity index (χ4n) is 1.98. The molecule has 1 unspecified atom stereocenters. The van der Waals surface area contributed by atoms with Gasteiger partial charge in [0.2, 0.25) is 0 Å². The predicted molar refractivity (Wildman–Crippen MR) is 78.8 cm³/mol. The van der Waals surface area contributed by atoms with E-state index in [9.17, 15) is 0 Å². The molecule has 0 rings (SSSR count). The average molecular weight is 259 g/mol. The van der Waals surface area contributed by atoms with Gasteiger partial charge in [-0.15, -0.1) is 0 Å². The molecule has 0 saturated heterocycles. The van der Waals surface area contributed by atoms with E-state index in [1.165, 1.54) is 13.0 Å². The van der Waals surface area contributed by atoms with Gasteiger partial charge in [0.15, 0.2) is 0 Å². The summed E-state index contributed by atoms with van der Waals surface area (Å²) in [6.45, 7) is 15.2. The molecular weight excluding hydrogens is 226 g/mol. The number of aliphatic hydroxyl groups is 1. The highest BCUT2D eigenvalue weighted by atomic mass is 16.3. The van der Waals surface area contributed by atoms with Gasteiger partial charge in [-0.25, -0.2) is 0 Å². The Bertz CT molecular complexity index is 193. The minimum Gasteiger partial charge on any atom is -0.394 e. The van der Waals surface area contributed by atoms with Crippen molar-refractivity contribution in [2.75, 3.05) is 45.9 Å². The van der Waals surface area contributed by atoms with Crippen LogP contribution in [-0.4, -0.2) is 66.3 Å². The summed E-state index contributed by atoms with van der Waals surface area (Å²) in [6.07, 6.45) is 2.05. The average Bonchev–Trinajstić information content (AvgIpc) is 2.38. The Labute approximate surface area is 113 Å². The van der Waals surface area contributed by atoms with E-state index in [0.717, 1.165) is 39.1 Å². The maximum absolute atomic E-state index is 9.14. The number of hydrogen-bond donors (Lipinski definition) is 2. The quantitative estimate of drug-likeness (QED) is 0.584. The van der Waals surface area contributed by atoms with Gasteiger partial charge in [-0.1, -0.05) is 20.8 Å². The van der Waals surface area contributed by atoms with Crippen molar-refractivity contribution in [3.05, 3.63) is 0 Å². The molecule has 18 heavy (non-hydrogen) atoms. The minimum absolute atomic E-state index is 0.0595. The second kappa shape index (κ2) is 9.73. The zero-order chi connectivity index (χ0) is 14.0. The second-order valence-corrected chi connectivity index (χ2v) is 5.38. The molecule has 0 radical (unpaired) electrons. The fraction of sp³-hybridized carbons (Fsp3) is 1.00. The van der Waals surface area contributed by atoms with Crippen molar-refractivity contribution in [2.45, 2.75) is 46.1 Å². The first-order valence-corrected chi connectivity index (χ1v) is 7.33. The SMILES string of the molecule is CCN(CC)CCCN(CC)CCC(C)(N)CO. The van der Waals surface area contributed by atoms with E-state index in [4.69, 9.17) is 10.8 Å². The summed E-state index contributed by atoms with van der Waals surface area (Å²) >= 11 is 0. The molecule has 0 aromatic heterocycles. The molecule has 0 heterocycles. The monoisotopic (exact) mass is 259 g/mol. The van der Waals surface area contributed by atoms with Crippen molar-refractivity contribution in [3.63, 3.8) is 0 Å². The molecule has 0 spiro atoms. The molecule has 0 aliphatic heterocycles. The normalized spacial score (nSPS) is 15.3. The summed E-state index contributed by atoms with van der Waals surface area (Å²) in [5.74, 6) is 0. The number of hydrogen-bond acceptors (Lipinski definition) is 4. The van der Waals surface area contributed by atoms with Crippen LogP contribution in [-0.2, 0) is 0 Å². The van der Waals surface area contributed by atoms with E-state index in [-0.39, 0.29) is 6.61 Å². The van der Waals surface area contributed by atoms with Gasteiger partial charge in [-0.3, -0.25) is 0 Å². The molecule has 3 N–H and O–H groups in total. The van der Waals surface area contributed by atoms with Gasteiger partial charge >= 0.3 is 0 Å². The smallest absolute Gasteiger partial charge is 0.0608 e. The fourth-order valence-corrected chi connectivity index (χ4v) is 1.98. The van der Waals surface area contributed by atoms with Crippen molar-refractivity contribution in [3.8, 4) is 0 Å². The van der Waals surface area contributed by atoms with E-state index >= 15 is 0 Å². The summed E-state index contributed by atoms with van der Waals surface area (Å²) in [5.41, 5.74) is 5.52. The van der Waals surface area contributed by atoms with Crippen molar-refractivity contribution in [1.82, 2.24) is 9.80 Å². The van der Waals surface area contributed by atoms with E-state index < -0.39 is 5.54 Å². The maximum atomic E-state index is 9.14. The molecule has 0 aromatic rings. The van der Waals surface area contributed by atoms with Crippen LogP contribution in [0.25, 0.3) is 0 Å². The van der Waals surface area contributed by atoms with Crippen LogP contribution in [0.15, 0.2) is 0 Å². The van der Waals surface area contributed by atoms with Crippen molar-refractivity contribution >= 4 is 0 Å². The van der Waals surface area contributed by atoms with E-state index in [0.29, 0.717) is 0 Å². The van der Waals surface area contributed by atoms with Crippen molar-refractivity contribution in [1.29, 1.82) is 0 Å². The van der Waals surface area contributed by atoms with Crippen LogP contribution in [0.2, 0.25) is 0 Å². The summed E-state index contributed by atoms with van der Waals surface area (Å²) in [5, 5.41) is 9.14. The largest absolute Gasteiger partial charge is 0.394 e. The molecule has 1 atom stereocenters. The molecule has 0 saturated carbocycles. The van der Waals surface area contributed by atoms with Crippen molar-refractivity contribution < 1.29 is 5.11 Å². The molecule has 0 amide bonds. The number of aliphatic hydroxyl groups excluding tert-OH is 1. The Hall–Kier alpha value is -0.160. The number of rotatable bonds is 11. The number of nitrogens with zero attached hydrogens (tertiary/aromatic N) is 2. The third-order valence-corrected chi connectivity index (χ3v) is 3.65. The summed E-state index contributed by atoms with van der Waals surface area (Å²) in [6, 6.07) is 0. The lowest BCUT2D eigenvalue weighted by atomic mass is 10.0. The maximum Gasteiger partial charge on any atom is 0.0608 e. The molecule has 0 aliphatic rings. The topological polar surface area (TPSA) is 52.7 Å². The first kappa shape index (κ1) is 17.8. The second-order valence-electron chi connectivity index (χ2n) is 5.38. The summed E-state index contributed by atoms with van der Waals surface area (Å²) in [4.78, 5) is 4.87. The van der Waals surface area contributed by atoms with Gasteiger partial charge in [-0.05, 0) is 59.0 Å². The van der Waals surface area contributed by atoms with Crippen LogP contribution < -0.4 is 5.73 Å². The first-order valence-electron chi connectivity index (χ1n) is 7.33. The Kier molecular flexibility index (Phi) is 9.64. The third-order valence-electron chi connectivity index (χ3n) is 3.65. The Morgan fingerprint density at radius 3 is 1.89 bits per heavy atom. The Morgan fingerprint density at radius 1 is 0.944 bits per heavy atom. The standard InChI is InChI=1S/C14H33N3O/c1-5-16(6-2)10-8-11-17(7-3)12-9-14(4,15)13-18/h18H,5-13,15H2,1-4H3. The van der Waals surface area contributed by atoms with Gasteiger partial charge in [-0.2, -0.15) is 0 Å². The predicted octanol–water partition coefficient (Wildman–Crippen LogP) is 1.14. The van der Waals surface area contributed by atoms with E-state index in [2.05, 4.69) is 30.6 Å². The van der Waals surface area contributed by atoms with Gasteiger partial charge in [0.1, 0.15) is 0 Å². The van der Waals surface area contributed by atoms with Gasteiger partial charge in [0, 0.05) is 5.54 Å². The van der Waals surface area contributed by atoms with Crippen LogP contribution in [0.5, 0.6) is 0 Å². The zero-order valence-electron chi connectivity index (χ0n) is 12.8. The number of nitrogens with two attached hydrogens (primary N) is 1. The highest BCUT2D eigenvalue weighted by Crippen LogP contribution is 2.06. The molecule has 0 bridgehead atoms. The molecule has 0 aromatic carbocycles. The molecule has 0 fully saturated rings. The summed E-state index contributed by atoms with van der Waals surface area (Å²) in [7, 11) is 0. The molecule has 110 valence electrons. The Morgan fingerprint density at radius 2 is 1.44 bits per heavy atom. The Balaban J connectivity index is 3.83. The highest BCUT2D eigenvalue weighted by Gasteiger charge is 2.17. The minimum atomic E-state index is -0.438. The highest BCUT2D eigenvalue weighted by molar-refractivity contribution is 4.78. The molecule has 4 nitrogen and oxygen atoms in total. The van der Waals surface area contributed by atoms with Gasteiger partial charge in [0.05, 0.1) is 6.61 Å². The van der Waals surface area contributed by atoms with Crippen LogP contribution in [0.3, 0.4) is 0 Å². The van der Waals surface area contributed by atoms with E-state index in [1.54, 1.807) is 0 Å². The lowest BCUT2D eigenvalue weighted by molar-refractivity contribution is 0.173.